The third-order valence-electron chi connectivity index (χ3n) is 4.49. The number of benzene rings is 2. The van der Waals surface area contributed by atoms with Crippen LogP contribution >= 0.6 is 11.6 Å². The van der Waals surface area contributed by atoms with Crippen molar-refractivity contribution in [3.63, 3.8) is 0 Å². The molecule has 5 aromatic rings. The molecule has 146 valence electrons. The largest absolute Gasteiger partial charge is 0.413 e. The van der Waals surface area contributed by atoms with Gasteiger partial charge in [-0.25, -0.2) is 9.97 Å². The molecule has 2 aromatic carbocycles. The molecule has 0 aliphatic heterocycles. The average molecular weight is 415 g/mol. The number of pyridine rings is 1. The molecule has 0 spiro atoms. The van der Waals surface area contributed by atoms with E-state index >= 15 is 0 Å². The number of hydrogen-bond acceptors (Lipinski definition) is 7. The summed E-state index contributed by atoms with van der Waals surface area (Å²) in [7, 11) is 0. The number of nitrogens with one attached hydrogen (secondary N) is 1. The molecule has 30 heavy (non-hydrogen) atoms. The fraction of sp³-hybridized carbons (Fsp3) is 0.0455. The smallest absolute Gasteiger partial charge is 0.286 e. The van der Waals surface area contributed by atoms with Crippen molar-refractivity contribution in [3.05, 3.63) is 83.6 Å². The van der Waals surface area contributed by atoms with Crippen LogP contribution in [0.15, 0.2) is 77.5 Å². The normalized spacial score (nSPS) is 11.0. The summed E-state index contributed by atoms with van der Waals surface area (Å²) >= 11 is 5.95. The van der Waals surface area contributed by atoms with Gasteiger partial charge in [0.2, 0.25) is 11.7 Å². The number of hydrogen-bond donors (Lipinski definition) is 1. The van der Waals surface area contributed by atoms with Crippen molar-refractivity contribution in [3.8, 4) is 23.2 Å². The summed E-state index contributed by atoms with van der Waals surface area (Å²) in [5.74, 6) is 1.67. The van der Waals surface area contributed by atoms with E-state index in [1.54, 1.807) is 18.3 Å². The fourth-order valence-electron chi connectivity index (χ4n) is 3.02. The van der Waals surface area contributed by atoms with Crippen molar-refractivity contribution in [2.24, 2.45) is 0 Å². The van der Waals surface area contributed by atoms with Gasteiger partial charge >= 0.3 is 0 Å². The van der Waals surface area contributed by atoms with E-state index < -0.39 is 0 Å². The van der Waals surface area contributed by atoms with E-state index in [-0.39, 0.29) is 5.89 Å². The summed E-state index contributed by atoms with van der Waals surface area (Å²) in [6, 6.07) is 18.9. The van der Waals surface area contributed by atoms with Gasteiger partial charge in [0.05, 0.1) is 5.52 Å². The predicted molar refractivity (Wildman–Crippen MR) is 115 cm³/mol. The van der Waals surface area contributed by atoms with E-state index in [0.717, 1.165) is 22.0 Å². The Hall–Kier alpha value is -3.84. The third kappa shape index (κ3) is 3.70. The van der Waals surface area contributed by atoms with Crippen LogP contribution in [0.2, 0.25) is 5.02 Å². The Labute approximate surface area is 176 Å². The van der Waals surface area contributed by atoms with Gasteiger partial charge in [-0.05, 0) is 48.0 Å². The summed E-state index contributed by atoms with van der Waals surface area (Å²) < 4.78 is 5.83. The van der Waals surface area contributed by atoms with Crippen LogP contribution in [0.1, 0.15) is 5.56 Å². The van der Waals surface area contributed by atoms with Gasteiger partial charge < -0.3 is 9.73 Å². The molecule has 3 heterocycles. The van der Waals surface area contributed by atoms with Crippen LogP contribution in [0.5, 0.6) is 0 Å². The lowest BCUT2D eigenvalue weighted by Crippen LogP contribution is -2.04. The van der Waals surface area contributed by atoms with Gasteiger partial charge in [-0.15, -0.1) is 10.2 Å². The number of fused-ring (bicyclic) bond motifs is 1. The molecule has 5 rings (SSSR count). The SMILES string of the molecule is Clc1ccc(-c2nnc(-c3nc(NCc4cccnc4)c4ccccc4n3)o2)cc1. The quantitative estimate of drug-likeness (QED) is 0.432. The predicted octanol–water partition coefficient (Wildman–Crippen LogP) is 5.01. The third-order valence-corrected chi connectivity index (χ3v) is 4.75. The molecule has 0 fully saturated rings. The highest BCUT2D eigenvalue weighted by Gasteiger charge is 2.16. The van der Waals surface area contributed by atoms with Gasteiger partial charge in [-0.3, -0.25) is 4.98 Å². The number of rotatable bonds is 5. The molecule has 1 N–H and O–H groups in total. The van der Waals surface area contributed by atoms with E-state index in [4.69, 9.17) is 16.0 Å². The Kier molecular flexibility index (Phi) is 4.78. The summed E-state index contributed by atoms with van der Waals surface area (Å²) in [4.78, 5) is 13.4. The first-order valence-corrected chi connectivity index (χ1v) is 9.63. The number of aromatic nitrogens is 5. The highest BCUT2D eigenvalue weighted by Crippen LogP contribution is 2.27. The lowest BCUT2D eigenvalue weighted by Gasteiger charge is -2.09. The highest BCUT2D eigenvalue weighted by molar-refractivity contribution is 6.30. The van der Waals surface area contributed by atoms with E-state index in [0.29, 0.717) is 29.1 Å². The fourth-order valence-corrected chi connectivity index (χ4v) is 3.14. The van der Waals surface area contributed by atoms with Gasteiger partial charge in [0.25, 0.3) is 5.89 Å². The van der Waals surface area contributed by atoms with Crippen molar-refractivity contribution in [1.29, 1.82) is 0 Å². The van der Waals surface area contributed by atoms with E-state index in [1.165, 1.54) is 0 Å². The molecule has 7 nitrogen and oxygen atoms in total. The first-order valence-electron chi connectivity index (χ1n) is 9.26. The van der Waals surface area contributed by atoms with Crippen LogP contribution in [-0.4, -0.2) is 25.1 Å². The number of halogens is 1. The lowest BCUT2D eigenvalue weighted by atomic mass is 10.2. The van der Waals surface area contributed by atoms with Crippen molar-refractivity contribution < 1.29 is 4.42 Å². The van der Waals surface area contributed by atoms with Gasteiger partial charge in [0.1, 0.15) is 5.82 Å². The van der Waals surface area contributed by atoms with Crippen LogP contribution in [0.3, 0.4) is 0 Å². The molecule has 0 unspecified atom stereocenters. The Morgan fingerprint density at radius 3 is 2.53 bits per heavy atom. The molecule has 0 saturated heterocycles. The number of nitrogens with zero attached hydrogens (tertiary/aromatic N) is 5. The molecule has 0 aliphatic carbocycles. The topological polar surface area (TPSA) is 89.6 Å². The van der Waals surface area contributed by atoms with Crippen LogP contribution in [0, 0.1) is 0 Å². The number of para-hydroxylation sites is 1. The Bertz CT molecular complexity index is 1300. The Morgan fingerprint density at radius 1 is 0.867 bits per heavy atom. The van der Waals surface area contributed by atoms with Gasteiger partial charge in [-0.2, -0.15) is 0 Å². The molecule has 0 bridgehead atoms. The van der Waals surface area contributed by atoms with E-state index in [1.807, 2.05) is 54.7 Å². The molecular weight excluding hydrogens is 400 g/mol. The lowest BCUT2D eigenvalue weighted by molar-refractivity contribution is 0.579. The zero-order valence-corrected chi connectivity index (χ0v) is 16.4. The van der Waals surface area contributed by atoms with Crippen molar-refractivity contribution in [2.75, 3.05) is 5.32 Å². The van der Waals surface area contributed by atoms with Crippen molar-refractivity contribution in [2.45, 2.75) is 6.54 Å². The first kappa shape index (κ1) is 18.2. The van der Waals surface area contributed by atoms with E-state index in [9.17, 15) is 0 Å². The monoisotopic (exact) mass is 414 g/mol. The first-order chi connectivity index (χ1) is 14.8. The van der Waals surface area contributed by atoms with Gasteiger partial charge in [0.15, 0.2) is 0 Å². The number of anilines is 1. The van der Waals surface area contributed by atoms with Crippen LogP contribution < -0.4 is 5.32 Å². The molecule has 0 atom stereocenters. The second-order valence-corrected chi connectivity index (χ2v) is 6.98. The molecule has 8 heteroatoms. The Balaban J connectivity index is 1.51. The standard InChI is InChI=1S/C22H15ClN6O/c23-16-9-7-15(8-10-16)21-28-29-22(30-21)20-26-18-6-2-1-5-17(18)19(27-20)25-13-14-4-3-11-24-12-14/h1-12H,13H2,(H,25,26,27). The maximum absolute atomic E-state index is 5.95. The van der Waals surface area contributed by atoms with Gasteiger partial charge in [-0.1, -0.05) is 29.8 Å². The summed E-state index contributed by atoms with van der Waals surface area (Å²) in [6.45, 7) is 0.578. The molecule has 0 aliphatic rings. The molecular formula is C22H15ClN6O. The van der Waals surface area contributed by atoms with Crippen molar-refractivity contribution in [1.82, 2.24) is 25.1 Å². The van der Waals surface area contributed by atoms with Crippen LogP contribution in [0.4, 0.5) is 5.82 Å². The van der Waals surface area contributed by atoms with Crippen LogP contribution in [0.25, 0.3) is 34.1 Å². The molecule has 0 saturated carbocycles. The minimum atomic E-state index is 0.245. The molecule has 0 radical (unpaired) electrons. The second kappa shape index (κ2) is 7.88. The van der Waals surface area contributed by atoms with Gasteiger partial charge in [0, 0.05) is 34.9 Å². The highest BCUT2D eigenvalue weighted by atomic mass is 35.5. The summed E-state index contributed by atoms with van der Waals surface area (Å²) in [6.07, 6.45) is 3.56. The minimum Gasteiger partial charge on any atom is -0.413 e. The van der Waals surface area contributed by atoms with Crippen molar-refractivity contribution >= 4 is 28.3 Å². The maximum atomic E-state index is 5.95. The zero-order valence-electron chi connectivity index (χ0n) is 15.7. The second-order valence-electron chi connectivity index (χ2n) is 6.55. The van der Waals surface area contributed by atoms with E-state index in [2.05, 4.69) is 30.5 Å². The van der Waals surface area contributed by atoms with Crippen LogP contribution in [-0.2, 0) is 6.54 Å². The zero-order chi connectivity index (χ0) is 20.3. The minimum absolute atomic E-state index is 0.245. The summed E-state index contributed by atoms with van der Waals surface area (Å²) in [5, 5.41) is 13.2. The molecule has 0 amide bonds. The molecule has 3 aromatic heterocycles. The average Bonchev–Trinajstić information content (AvgIpc) is 3.29. The summed E-state index contributed by atoms with van der Waals surface area (Å²) in [5.41, 5.74) is 2.60. The Morgan fingerprint density at radius 2 is 1.70 bits per heavy atom. The maximum Gasteiger partial charge on any atom is 0.286 e.